The van der Waals surface area contributed by atoms with Crippen LogP contribution in [0.3, 0.4) is 0 Å². The predicted molar refractivity (Wildman–Crippen MR) is 127 cm³/mol. The molecule has 0 aliphatic carbocycles. The lowest BCUT2D eigenvalue weighted by Gasteiger charge is -2.14. The van der Waals surface area contributed by atoms with Gasteiger partial charge in [0, 0.05) is 0 Å². The molecule has 1 fully saturated rings. The average molecular weight is 455 g/mol. The van der Waals surface area contributed by atoms with Crippen molar-refractivity contribution >= 4 is 23.2 Å². The van der Waals surface area contributed by atoms with Gasteiger partial charge in [-0.05, 0) is 60.9 Å². The van der Waals surface area contributed by atoms with Crippen LogP contribution in [-0.2, 0) is 4.79 Å². The molecule has 2 aromatic rings. The van der Waals surface area contributed by atoms with Gasteiger partial charge in [-0.3, -0.25) is 4.79 Å². The first-order valence-corrected chi connectivity index (χ1v) is 10.3. The smallest absolute Gasteiger partial charge is 0.234 e. The number of nitrogens with zero attached hydrogens (tertiary/aromatic N) is 1. The fraction of sp³-hybridized carbons (Fsp3) is 0.333. The van der Waals surface area contributed by atoms with Gasteiger partial charge in [-0.2, -0.15) is 5.26 Å². The Kier molecular flexibility index (Phi) is 9.39. The molecule has 0 aromatic heterocycles. The van der Waals surface area contributed by atoms with Crippen LogP contribution in [0.25, 0.3) is 11.6 Å². The lowest BCUT2D eigenvalue weighted by molar-refractivity contribution is -0.119. The summed E-state index contributed by atoms with van der Waals surface area (Å²) in [7, 11) is 6.14. The SMILES string of the molecule is COc1ccc(C=C(C#N)c2cc(OC)c(OC)c(OC)c2)cc1N.NC(=O)[C@H]1CCCN1. The maximum Gasteiger partial charge on any atom is 0.234 e. The third kappa shape index (κ3) is 6.54. The van der Waals surface area contributed by atoms with E-state index in [1.54, 1.807) is 37.5 Å². The summed E-state index contributed by atoms with van der Waals surface area (Å²) < 4.78 is 21.1. The zero-order valence-electron chi connectivity index (χ0n) is 19.3. The topological polar surface area (TPSA) is 142 Å². The van der Waals surface area contributed by atoms with Crippen LogP contribution in [0.5, 0.6) is 23.0 Å². The highest BCUT2D eigenvalue weighted by atomic mass is 16.5. The molecule has 1 heterocycles. The molecule has 9 heteroatoms. The third-order valence-corrected chi connectivity index (χ3v) is 5.06. The van der Waals surface area contributed by atoms with Crippen molar-refractivity contribution in [1.29, 1.82) is 5.26 Å². The second-order valence-electron chi connectivity index (χ2n) is 7.14. The monoisotopic (exact) mass is 454 g/mol. The lowest BCUT2D eigenvalue weighted by atomic mass is 10.0. The Labute approximate surface area is 193 Å². The molecular formula is C24H30N4O5. The Hall–Kier alpha value is -3.90. The molecule has 176 valence electrons. The molecule has 0 radical (unpaired) electrons. The molecule has 0 unspecified atom stereocenters. The number of primary amides is 1. The van der Waals surface area contributed by atoms with E-state index >= 15 is 0 Å². The number of rotatable bonds is 7. The van der Waals surface area contributed by atoms with Crippen molar-refractivity contribution in [2.45, 2.75) is 18.9 Å². The first-order chi connectivity index (χ1) is 15.9. The molecule has 9 nitrogen and oxygen atoms in total. The van der Waals surface area contributed by atoms with Crippen LogP contribution < -0.4 is 35.7 Å². The number of nitriles is 1. The van der Waals surface area contributed by atoms with Gasteiger partial charge in [0.2, 0.25) is 11.7 Å². The molecule has 0 saturated carbocycles. The zero-order chi connectivity index (χ0) is 24.4. The standard InChI is InChI=1S/C19H20N2O4.C5H10N2O/c1-22-16-6-5-12(8-15(16)21)7-14(11-20)13-9-17(23-2)19(25-4)18(10-13)24-3;6-5(8)4-2-1-3-7-4/h5-10H,21H2,1-4H3;4,7H,1-3H2,(H2,6,8)/t;4-/m.1/s1. The third-order valence-electron chi connectivity index (χ3n) is 5.06. The van der Waals surface area contributed by atoms with Gasteiger partial charge in [0.05, 0.1) is 51.8 Å². The van der Waals surface area contributed by atoms with Crippen LogP contribution in [-0.4, -0.2) is 46.9 Å². The van der Waals surface area contributed by atoms with Crippen LogP contribution in [0.15, 0.2) is 30.3 Å². The van der Waals surface area contributed by atoms with Crippen LogP contribution >= 0.6 is 0 Å². The number of hydrogen-bond donors (Lipinski definition) is 3. The summed E-state index contributed by atoms with van der Waals surface area (Å²) in [4.78, 5) is 10.4. The number of methoxy groups -OCH3 is 4. The average Bonchev–Trinajstić information content (AvgIpc) is 3.37. The molecule has 3 rings (SSSR count). The summed E-state index contributed by atoms with van der Waals surface area (Å²) in [5.74, 6) is 1.80. The normalized spacial score (nSPS) is 15.0. The first kappa shape index (κ1) is 25.4. The number of benzene rings is 2. The Morgan fingerprint density at radius 3 is 2.09 bits per heavy atom. The Balaban J connectivity index is 0.000000405. The summed E-state index contributed by atoms with van der Waals surface area (Å²) in [5, 5.41) is 12.6. The number of nitrogen functional groups attached to an aromatic ring is 1. The van der Waals surface area contributed by atoms with Crippen LogP contribution in [0, 0.1) is 11.3 Å². The maximum absolute atomic E-state index is 10.4. The lowest BCUT2D eigenvalue weighted by Crippen LogP contribution is -2.36. The first-order valence-electron chi connectivity index (χ1n) is 10.3. The van der Waals surface area contributed by atoms with Gasteiger partial charge < -0.3 is 35.7 Å². The van der Waals surface area contributed by atoms with Crippen molar-refractivity contribution in [3.63, 3.8) is 0 Å². The van der Waals surface area contributed by atoms with E-state index in [2.05, 4.69) is 11.4 Å². The zero-order valence-corrected chi connectivity index (χ0v) is 19.3. The van der Waals surface area contributed by atoms with Crippen LogP contribution in [0.1, 0.15) is 24.0 Å². The van der Waals surface area contributed by atoms with E-state index < -0.39 is 0 Å². The second kappa shape index (κ2) is 12.2. The van der Waals surface area contributed by atoms with E-state index in [0.717, 1.165) is 24.9 Å². The summed E-state index contributed by atoms with van der Waals surface area (Å²) in [6.07, 6.45) is 3.72. The van der Waals surface area contributed by atoms with Crippen LogP contribution in [0.4, 0.5) is 5.69 Å². The molecule has 0 spiro atoms. The number of allylic oxidation sites excluding steroid dienone is 1. The number of ether oxygens (including phenoxy) is 4. The minimum Gasteiger partial charge on any atom is -0.495 e. The van der Waals surface area contributed by atoms with E-state index in [9.17, 15) is 10.1 Å². The molecule has 5 N–H and O–H groups in total. The van der Waals surface area contributed by atoms with Crippen molar-refractivity contribution in [1.82, 2.24) is 5.32 Å². The summed E-state index contributed by atoms with van der Waals surface area (Å²) in [6, 6.07) is 10.9. The Morgan fingerprint density at radius 2 is 1.70 bits per heavy atom. The van der Waals surface area contributed by atoms with Crippen LogP contribution in [0.2, 0.25) is 0 Å². The van der Waals surface area contributed by atoms with E-state index in [1.807, 2.05) is 6.07 Å². The fourth-order valence-electron chi connectivity index (χ4n) is 3.35. The van der Waals surface area contributed by atoms with Crippen molar-refractivity contribution in [3.8, 4) is 29.1 Å². The van der Waals surface area contributed by atoms with Gasteiger partial charge in [-0.25, -0.2) is 0 Å². The van der Waals surface area contributed by atoms with Gasteiger partial charge in [-0.1, -0.05) is 6.07 Å². The molecule has 1 saturated heterocycles. The number of carbonyl (C=O) groups is 1. The van der Waals surface area contributed by atoms with Gasteiger partial charge in [-0.15, -0.1) is 0 Å². The molecule has 1 aliphatic heterocycles. The predicted octanol–water partition coefficient (Wildman–Crippen LogP) is 2.59. The highest BCUT2D eigenvalue weighted by Gasteiger charge is 2.18. The minimum atomic E-state index is -0.220. The number of nitrogens with two attached hydrogens (primary N) is 2. The van der Waals surface area contributed by atoms with Crippen molar-refractivity contribution in [3.05, 3.63) is 41.5 Å². The van der Waals surface area contributed by atoms with Gasteiger partial charge >= 0.3 is 0 Å². The second-order valence-corrected chi connectivity index (χ2v) is 7.14. The van der Waals surface area contributed by atoms with E-state index in [-0.39, 0.29) is 11.9 Å². The molecule has 33 heavy (non-hydrogen) atoms. The fourth-order valence-corrected chi connectivity index (χ4v) is 3.35. The number of nitrogens with one attached hydrogen (secondary N) is 1. The minimum absolute atomic E-state index is 0.0463. The summed E-state index contributed by atoms with van der Waals surface area (Å²) in [6.45, 7) is 0.938. The molecule has 2 aromatic carbocycles. The number of anilines is 1. The number of carbonyl (C=O) groups excluding carboxylic acids is 1. The summed E-state index contributed by atoms with van der Waals surface area (Å²) in [5.41, 5.74) is 13.3. The van der Waals surface area contributed by atoms with E-state index in [0.29, 0.717) is 39.8 Å². The number of amides is 1. The van der Waals surface area contributed by atoms with E-state index in [1.165, 1.54) is 21.3 Å². The largest absolute Gasteiger partial charge is 0.495 e. The molecule has 1 atom stereocenters. The molecule has 1 aliphatic rings. The highest BCUT2D eigenvalue weighted by Crippen LogP contribution is 2.40. The van der Waals surface area contributed by atoms with Crippen molar-refractivity contribution in [2.75, 3.05) is 40.7 Å². The quantitative estimate of drug-likeness (QED) is 0.329. The molecule has 0 bridgehead atoms. The van der Waals surface area contributed by atoms with Crippen molar-refractivity contribution < 1.29 is 23.7 Å². The van der Waals surface area contributed by atoms with E-state index in [4.69, 9.17) is 30.4 Å². The summed E-state index contributed by atoms with van der Waals surface area (Å²) >= 11 is 0. The van der Waals surface area contributed by atoms with Gasteiger partial charge in [0.25, 0.3) is 0 Å². The van der Waals surface area contributed by atoms with Crippen molar-refractivity contribution in [2.24, 2.45) is 5.73 Å². The Bertz CT molecular complexity index is 1010. The Morgan fingerprint density at radius 1 is 1.06 bits per heavy atom. The van der Waals surface area contributed by atoms with Gasteiger partial charge in [0.1, 0.15) is 5.75 Å². The van der Waals surface area contributed by atoms with Gasteiger partial charge in [0.15, 0.2) is 11.5 Å². The highest BCUT2D eigenvalue weighted by molar-refractivity contribution is 5.91. The molecular weight excluding hydrogens is 424 g/mol. The molecule has 1 amide bonds. The number of hydrogen-bond acceptors (Lipinski definition) is 8. The maximum atomic E-state index is 10.4.